The summed E-state index contributed by atoms with van der Waals surface area (Å²) in [6.45, 7) is 2.23. The van der Waals surface area contributed by atoms with Crippen molar-refractivity contribution >= 4 is 28.2 Å². The topological polar surface area (TPSA) is 80.5 Å². The fourth-order valence-electron chi connectivity index (χ4n) is 2.42. The molecule has 0 radical (unpaired) electrons. The molecule has 5 nitrogen and oxygen atoms in total. The maximum atomic E-state index is 12.9. The van der Waals surface area contributed by atoms with Crippen molar-refractivity contribution in [1.82, 2.24) is 4.31 Å². The van der Waals surface area contributed by atoms with Gasteiger partial charge >= 0.3 is 0 Å². The summed E-state index contributed by atoms with van der Waals surface area (Å²) in [5, 5.41) is 0. The van der Waals surface area contributed by atoms with Crippen molar-refractivity contribution in [3.8, 4) is 0 Å². The van der Waals surface area contributed by atoms with Crippen molar-refractivity contribution in [3.63, 3.8) is 0 Å². The van der Waals surface area contributed by atoms with E-state index >= 15 is 0 Å². The minimum Gasteiger partial charge on any atom is -0.329 e. The average Bonchev–Trinajstić information content (AvgIpc) is 2.59. The Kier molecular flexibility index (Phi) is 8.25. The molecule has 0 saturated carbocycles. The first-order valence-corrected chi connectivity index (χ1v) is 9.24. The highest BCUT2D eigenvalue weighted by Crippen LogP contribution is 2.18. The number of rotatable bonds is 8. The highest BCUT2D eigenvalue weighted by molar-refractivity contribution is 7.89. The lowest BCUT2D eigenvalue weighted by Gasteiger charge is -2.22. The van der Waals surface area contributed by atoms with Gasteiger partial charge in [0.15, 0.2) is 5.78 Å². The molecule has 25 heavy (non-hydrogen) atoms. The van der Waals surface area contributed by atoms with Gasteiger partial charge in [-0.15, -0.1) is 12.4 Å². The van der Waals surface area contributed by atoms with Gasteiger partial charge in [0.1, 0.15) is 0 Å². The molecule has 0 amide bonds. The molecule has 2 rings (SSSR count). The summed E-state index contributed by atoms with van der Waals surface area (Å²) in [7, 11) is -3.69. The number of nitrogens with zero attached hydrogens (tertiary/aromatic N) is 1. The zero-order valence-corrected chi connectivity index (χ0v) is 15.7. The highest BCUT2D eigenvalue weighted by atomic mass is 35.5. The summed E-state index contributed by atoms with van der Waals surface area (Å²) in [6.07, 6.45) is 0.604. The van der Waals surface area contributed by atoms with Crippen LogP contribution in [0.2, 0.25) is 0 Å². The molecule has 2 N–H and O–H groups in total. The van der Waals surface area contributed by atoms with E-state index in [1.165, 1.54) is 23.4 Å². The molecule has 2 aromatic carbocycles. The normalized spacial score (nSPS) is 11.2. The molecule has 7 heteroatoms. The maximum absolute atomic E-state index is 12.9. The predicted molar refractivity (Wildman–Crippen MR) is 102 cm³/mol. The zero-order valence-electron chi connectivity index (χ0n) is 14.1. The van der Waals surface area contributed by atoms with Crippen LogP contribution in [0.5, 0.6) is 0 Å². The molecule has 0 heterocycles. The van der Waals surface area contributed by atoms with Crippen LogP contribution in [-0.2, 0) is 16.4 Å². The van der Waals surface area contributed by atoms with Crippen molar-refractivity contribution < 1.29 is 13.2 Å². The number of nitrogens with two attached hydrogens (primary N) is 1. The number of carbonyl (C=O) groups is 1. The SMILES string of the molecule is CC(=O)c1cccc(S(=O)(=O)N(CCN)CCc2ccccc2)c1.Cl. The summed E-state index contributed by atoms with van der Waals surface area (Å²) >= 11 is 0. The first-order valence-electron chi connectivity index (χ1n) is 7.80. The molecule has 136 valence electrons. The maximum Gasteiger partial charge on any atom is 0.243 e. The molecule has 0 aliphatic carbocycles. The molecule has 0 aliphatic rings. The van der Waals surface area contributed by atoms with Gasteiger partial charge in [-0.2, -0.15) is 4.31 Å². The minimum atomic E-state index is -3.69. The van der Waals surface area contributed by atoms with Crippen LogP contribution in [-0.4, -0.2) is 38.1 Å². The van der Waals surface area contributed by atoms with Crippen LogP contribution in [0.1, 0.15) is 22.8 Å². The van der Waals surface area contributed by atoms with Crippen LogP contribution in [0.3, 0.4) is 0 Å². The smallest absolute Gasteiger partial charge is 0.243 e. The molecule has 0 aromatic heterocycles. The number of benzene rings is 2. The van der Waals surface area contributed by atoms with Crippen molar-refractivity contribution in [2.24, 2.45) is 5.73 Å². The van der Waals surface area contributed by atoms with E-state index in [1.54, 1.807) is 12.1 Å². The van der Waals surface area contributed by atoms with E-state index in [9.17, 15) is 13.2 Å². The molecule has 0 bridgehead atoms. The number of Topliss-reactive ketones (excluding diaryl/α,β-unsaturated/α-hetero) is 1. The van der Waals surface area contributed by atoms with E-state index < -0.39 is 10.0 Å². The summed E-state index contributed by atoms with van der Waals surface area (Å²) in [4.78, 5) is 11.6. The Hall–Kier alpha value is -1.73. The first kappa shape index (κ1) is 21.3. The van der Waals surface area contributed by atoms with Crippen LogP contribution >= 0.6 is 12.4 Å². The summed E-state index contributed by atoms with van der Waals surface area (Å²) in [5.41, 5.74) is 7.03. The van der Waals surface area contributed by atoms with Gasteiger partial charge in [0, 0.05) is 25.2 Å². The molecular formula is C18H23ClN2O3S. The monoisotopic (exact) mass is 382 g/mol. The number of ketones is 1. The lowest BCUT2D eigenvalue weighted by atomic mass is 10.1. The van der Waals surface area contributed by atoms with Gasteiger partial charge in [-0.1, -0.05) is 42.5 Å². The minimum absolute atomic E-state index is 0. The second kappa shape index (κ2) is 9.68. The molecule has 0 saturated heterocycles. The largest absolute Gasteiger partial charge is 0.329 e. The van der Waals surface area contributed by atoms with Crippen LogP contribution in [0.25, 0.3) is 0 Å². The van der Waals surface area contributed by atoms with Crippen molar-refractivity contribution in [2.75, 3.05) is 19.6 Å². The van der Waals surface area contributed by atoms with E-state index in [1.807, 2.05) is 30.3 Å². The number of hydrogen-bond donors (Lipinski definition) is 1. The van der Waals surface area contributed by atoms with Gasteiger partial charge in [-0.3, -0.25) is 4.79 Å². The quantitative estimate of drug-likeness (QED) is 0.711. The third-order valence-corrected chi connectivity index (χ3v) is 5.64. The molecule has 0 atom stereocenters. The van der Waals surface area contributed by atoms with Crippen LogP contribution in [0.4, 0.5) is 0 Å². The molecule has 2 aromatic rings. The Balaban J connectivity index is 0.00000312. The van der Waals surface area contributed by atoms with E-state index in [4.69, 9.17) is 5.73 Å². The van der Waals surface area contributed by atoms with Gasteiger partial charge in [0.2, 0.25) is 10.0 Å². The van der Waals surface area contributed by atoms with Crippen molar-refractivity contribution in [1.29, 1.82) is 0 Å². The summed E-state index contributed by atoms with van der Waals surface area (Å²) in [6, 6.07) is 15.8. The Morgan fingerprint density at radius 1 is 1.04 bits per heavy atom. The molecule has 0 aliphatic heterocycles. The highest BCUT2D eigenvalue weighted by Gasteiger charge is 2.24. The average molecular weight is 383 g/mol. The van der Waals surface area contributed by atoms with Gasteiger partial charge < -0.3 is 5.73 Å². The van der Waals surface area contributed by atoms with Crippen LogP contribution in [0, 0.1) is 0 Å². The lowest BCUT2D eigenvalue weighted by Crippen LogP contribution is -2.37. The number of halogens is 1. The standard InChI is InChI=1S/C18H22N2O3S.ClH/c1-15(21)17-8-5-9-18(14-17)24(22,23)20(13-11-19)12-10-16-6-3-2-4-7-16;/h2-9,14H,10-13,19H2,1H3;1H. The zero-order chi connectivity index (χ0) is 17.6. The van der Waals surface area contributed by atoms with Gasteiger partial charge in [-0.25, -0.2) is 8.42 Å². The van der Waals surface area contributed by atoms with Crippen molar-refractivity contribution in [3.05, 3.63) is 65.7 Å². The van der Waals surface area contributed by atoms with Crippen LogP contribution in [0.15, 0.2) is 59.5 Å². The van der Waals surface area contributed by atoms with E-state index in [0.717, 1.165) is 5.56 Å². The fourth-order valence-corrected chi connectivity index (χ4v) is 3.92. The molecule has 0 fully saturated rings. The lowest BCUT2D eigenvalue weighted by molar-refractivity contribution is 0.101. The number of sulfonamides is 1. The molecular weight excluding hydrogens is 360 g/mol. The van der Waals surface area contributed by atoms with E-state index in [-0.39, 0.29) is 36.2 Å². The Bertz CT molecular complexity index is 795. The van der Waals surface area contributed by atoms with Gasteiger partial charge in [-0.05, 0) is 31.0 Å². The summed E-state index contributed by atoms with van der Waals surface area (Å²) in [5.74, 6) is -0.165. The van der Waals surface area contributed by atoms with Gasteiger partial charge in [0.25, 0.3) is 0 Å². The van der Waals surface area contributed by atoms with Gasteiger partial charge in [0.05, 0.1) is 4.90 Å². The second-order valence-corrected chi connectivity index (χ2v) is 7.45. The number of carbonyl (C=O) groups excluding carboxylic acids is 1. The van der Waals surface area contributed by atoms with Crippen molar-refractivity contribution in [2.45, 2.75) is 18.2 Å². The Morgan fingerprint density at radius 3 is 2.32 bits per heavy atom. The second-order valence-electron chi connectivity index (χ2n) is 5.51. The Labute approximate surface area is 155 Å². The molecule has 0 unspecified atom stereocenters. The third-order valence-electron chi connectivity index (χ3n) is 3.75. The number of hydrogen-bond acceptors (Lipinski definition) is 4. The fraction of sp³-hybridized carbons (Fsp3) is 0.278. The third kappa shape index (κ3) is 5.64. The first-order chi connectivity index (χ1) is 11.4. The van der Waals surface area contributed by atoms with E-state index in [2.05, 4.69) is 0 Å². The van der Waals surface area contributed by atoms with E-state index in [0.29, 0.717) is 18.5 Å². The molecule has 0 spiro atoms. The predicted octanol–water partition coefficient (Wildman–Crippen LogP) is 2.50. The Morgan fingerprint density at radius 2 is 1.72 bits per heavy atom. The summed E-state index contributed by atoms with van der Waals surface area (Å²) < 4.78 is 27.1. The van der Waals surface area contributed by atoms with Crippen LogP contribution < -0.4 is 5.73 Å².